The third-order valence-electron chi connectivity index (χ3n) is 4.76. The highest BCUT2D eigenvalue weighted by Gasteiger charge is 2.18. The summed E-state index contributed by atoms with van der Waals surface area (Å²) in [4.78, 5) is 21.8. The van der Waals surface area contributed by atoms with E-state index < -0.39 is 0 Å². The van der Waals surface area contributed by atoms with Gasteiger partial charge in [-0.3, -0.25) is 10.1 Å². The summed E-state index contributed by atoms with van der Waals surface area (Å²) in [5.41, 5.74) is 4.44. The van der Waals surface area contributed by atoms with Crippen molar-refractivity contribution < 1.29 is 9.21 Å². The maximum Gasteiger partial charge on any atom is 0.262 e. The van der Waals surface area contributed by atoms with Gasteiger partial charge in [0.15, 0.2) is 10.8 Å². The number of amides is 1. The number of benzene rings is 1. The molecule has 0 bridgehead atoms. The minimum absolute atomic E-state index is 0.302. The predicted molar refractivity (Wildman–Crippen MR) is 116 cm³/mol. The van der Waals surface area contributed by atoms with Crippen molar-refractivity contribution >= 4 is 28.0 Å². The summed E-state index contributed by atoms with van der Waals surface area (Å²) in [6.45, 7) is 3.79. The molecule has 0 aliphatic carbocycles. The van der Waals surface area contributed by atoms with Gasteiger partial charge in [-0.25, -0.2) is 14.5 Å². The minimum Gasteiger partial charge on any atom is -0.466 e. The van der Waals surface area contributed by atoms with E-state index in [2.05, 4.69) is 20.4 Å². The van der Waals surface area contributed by atoms with Crippen LogP contribution >= 0.6 is 11.3 Å². The van der Waals surface area contributed by atoms with Crippen LogP contribution in [-0.2, 0) is 0 Å². The van der Waals surface area contributed by atoms with Crippen molar-refractivity contribution in [2.24, 2.45) is 0 Å². The molecule has 0 fully saturated rings. The molecule has 0 atom stereocenters. The second-order valence-corrected chi connectivity index (χ2v) is 7.67. The van der Waals surface area contributed by atoms with Gasteiger partial charge in [0.05, 0.1) is 17.6 Å². The van der Waals surface area contributed by atoms with Gasteiger partial charge in [-0.2, -0.15) is 5.10 Å². The van der Waals surface area contributed by atoms with Crippen LogP contribution < -0.4 is 5.32 Å². The van der Waals surface area contributed by atoms with Crippen LogP contribution in [0.1, 0.15) is 21.9 Å². The van der Waals surface area contributed by atoms with Crippen LogP contribution in [0.5, 0.6) is 0 Å². The molecule has 30 heavy (non-hydrogen) atoms. The number of nitrogens with zero attached hydrogens (tertiary/aromatic N) is 4. The Labute approximate surface area is 176 Å². The lowest BCUT2D eigenvalue weighted by atomic mass is 10.1. The van der Waals surface area contributed by atoms with Crippen molar-refractivity contribution in [1.29, 1.82) is 0 Å². The number of hydrogen-bond donors (Lipinski definition) is 1. The molecule has 7 nitrogen and oxygen atoms in total. The molecular weight excluding hydrogens is 398 g/mol. The number of carbonyl (C=O) groups is 1. The van der Waals surface area contributed by atoms with Crippen molar-refractivity contribution in [3.8, 4) is 22.5 Å². The highest BCUT2D eigenvalue weighted by molar-refractivity contribution is 7.14. The number of furan rings is 1. The number of carbonyl (C=O) groups excluding carboxylic acids is 1. The lowest BCUT2D eigenvalue weighted by Gasteiger charge is -2.05. The molecule has 1 N–H and O–H groups in total. The monoisotopic (exact) mass is 415 g/mol. The fourth-order valence-electron chi connectivity index (χ4n) is 3.38. The fraction of sp³-hybridized carbons (Fsp3) is 0.0909. The van der Waals surface area contributed by atoms with Crippen molar-refractivity contribution in [2.45, 2.75) is 13.8 Å². The number of thiazole rings is 1. The molecular formula is C22H17N5O2S. The SMILES string of the molecule is Cc1cc(-c2csc(NC(=O)c3cnn4c(-c5ccccc5)ccnc34)n2)c(C)o1. The van der Waals surface area contributed by atoms with Gasteiger partial charge in [0.1, 0.15) is 17.1 Å². The van der Waals surface area contributed by atoms with E-state index in [0.29, 0.717) is 16.3 Å². The van der Waals surface area contributed by atoms with Crippen LogP contribution in [0.2, 0.25) is 0 Å². The first-order chi connectivity index (χ1) is 14.6. The Balaban J connectivity index is 1.44. The largest absolute Gasteiger partial charge is 0.466 e. The molecule has 0 saturated carbocycles. The highest BCUT2D eigenvalue weighted by Crippen LogP contribution is 2.30. The molecule has 0 aliphatic rings. The Morgan fingerprint density at radius 2 is 2.00 bits per heavy atom. The molecule has 5 rings (SSSR count). The Morgan fingerprint density at radius 1 is 1.17 bits per heavy atom. The van der Waals surface area contributed by atoms with Crippen molar-refractivity contribution in [3.05, 3.63) is 77.3 Å². The molecule has 0 aliphatic heterocycles. The summed E-state index contributed by atoms with van der Waals surface area (Å²) in [6, 6.07) is 13.7. The van der Waals surface area contributed by atoms with E-state index in [-0.39, 0.29) is 5.91 Å². The average Bonchev–Trinajstić information content (AvgIpc) is 3.46. The number of rotatable bonds is 4. The maximum atomic E-state index is 12.9. The number of nitrogens with one attached hydrogen (secondary N) is 1. The third kappa shape index (κ3) is 3.17. The zero-order chi connectivity index (χ0) is 20.7. The van der Waals surface area contributed by atoms with Crippen molar-refractivity contribution in [3.63, 3.8) is 0 Å². The topological polar surface area (TPSA) is 85.3 Å². The molecule has 0 radical (unpaired) electrons. The van der Waals surface area contributed by atoms with Crippen LogP contribution in [0.4, 0.5) is 5.13 Å². The number of aromatic nitrogens is 4. The first kappa shape index (κ1) is 18.3. The quantitative estimate of drug-likeness (QED) is 0.447. The molecule has 8 heteroatoms. The van der Waals surface area contributed by atoms with Gasteiger partial charge in [-0.05, 0) is 26.0 Å². The molecule has 4 aromatic heterocycles. The van der Waals surface area contributed by atoms with Crippen LogP contribution in [-0.4, -0.2) is 25.5 Å². The van der Waals surface area contributed by atoms with Crippen molar-refractivity contribution in [2.75, 3.05) is 5.32 Å². The number of aryl methyl sites for hydroxylation is 2. The van der Waals surface area contributed by atoms with E-state index in [0.717, 1.165) is 34.0 Å². The Bertz CT molecular complexity index is 1370. The van der Waals surface area contributed by atoms with E-state index in [4.69, 9.17) is 4.42 Å². The van der Waals surface area contributed by atoms with Gasteiger partial charge < -0.3 is 4.42 Å². The van der Waals surface area contributed by atoms with Gasteiger partial charge in [0.25, 0.3) is 5.91 Å². The molecule has 148 valence electrons. The Kier molecular flexibility index (Phi) is 4.40. The van der Waals surface area contributed by atoms with Crippen molar-refractivity contribution in [1.82, 2.24) is 19.6 Å². The summed E-state index contributed by atoms with van der Waals surface area (Å²) in [7, 11) is 0. The lowest BCUT2D eigenvalue weighted by molar-refractivity contribution is 0.102. The second-order valence-electron chi connectivity index (χ2n) is 6.81. The number of hydrogen-bond acceptors (Lipinski definition) is 6. The molecule has 0 spiro atoms. The van der Waals surface area contributed by atoms with E-state index in [1.165, 1.54) is 17.5 Å². The fourth-order valence-corrected chi connectivity index (χ4v) is 4.09. The first-order valence-electron chi connectivity index (χ1n) is 9.32. The molecule has 0 saturated heterocycles. The van der Waals surface area contributed by atoms with Gasteiger partial charge in [-0.15, -0.1) is 11.3 Å². The van der Waals surface area contributed by atoms with Crippen LogP contribution in [0, 0.1) is 13.8 Å². The summed E-state index contributed by atoms with van der Waals surface area (Å²) in [5, 5.41) is 9.65. The molecule has 1 amide bonds. The highest BCUT2D eigenvalue weighted by atomic mass is 32.1. The van der Waals surface area contributed by atoms with Gasteiger partial charge >= 0.3 is 0 Å². The predicted octanol–water partition coefficient (Wildman–Crippen LogP) is 4.98. The standard InChI is InChI=1S/C22H17N5O2S/c1-13-10-16(14(2)29-13)18-12-30-22(25-18)26-21(28)17-11-24-27-19(8-9-23-20(17)27)15-6-4-3-5-7-15/h3-12H,1-2H3,(H,25,26,28). The van der Waals surface area contributed by atoms with Gasteiger partial charge in [0, 0.05) is 22.7 Å². The summed E-state index contributed by atoms with van der Waals surface area (Å²) >= 11 is 1.36. The lowest BCUT2D eigenvalue weighted by Crippen LogP contribution is -2.12. The zero-order valence-electron chi connectivity index (χ0n) is 16.3. The van der Waals surface area contributed by atoms with Gasteiger partial charge in [0.2, 0.25) is 0 Å². The third-order valence-corrected chi connectivity index (χ3v) is 5.51. The Morgan fingerprint density at radius 3 is 2.77 bits per heavy atom. The normalized spacial score (nSPS) is 11.1. The first-order valence-corrected chi connectivity index (χ1v) is 10.2. The van der Waals surface area contributed by atoms with Crippen LogP contribution in [0.15, 0.2) is 64.7 Å². The zero-order valence-corrected chi connectivity index (χ0v) is 17.1. The number of fused-ring (bicyclic) bond motifs is 1. The Hall–Kier alpha value is -3.78. The van der Waals surface area contributed by atoms with Crippen LogP contribution in [0.3, 0.4) is 0 Å². The summed E-state index contributed by atoms with van der Waals surface area (Å²) in [6.07, 6.45) is 3.21. The second kappa shape index (κ2) is 7.23. The van der Waals surface area contributed by atoms with E-state index >= 15 is 0 Å². The summed E-state index contributed by atoms with van der Waals surface area (Å²) in [5.74, 6) is 1.33. The van der Waals surface area contributed by atoms with Crippen LogP contribution in [0.25, 0.3) is 28.2 Å². The minimum atomic E-state index is -0.302. The molecule has 4 heterocycles. The summed E-state index contributed by atoms with van der Waals surface area (Å²) < 4.78 is 7.25. The smallest absolute Gasteiger partial charge is 0.262 e. The molecule has 0 unspecified atom stereocenters. The molecule has 5 aromatic rings. The van der Waals surface area contributed by atoms with E-state index in [1.54, 1.807) is 10.7 Å². The molecule has 1 aromatic carbocycles. The average molecular weight is 415 g/mol. The van der Waals surface area contributed by atoms with E-state index in [9.17, 15) is 4.79 Å². The van der Waals surface area contributed by atoms with E-state index in [1.807, 2.05) is 61.7 Å². The number of anilines is 1. The maximum absolute atomic E-state index is 12.9. The van der Waals surface area contributed by atoms with Gasteiger partial charge in [-0.1, -0.05) is 30.3 Å².